The minimum atomic E-state index is -0.377. The van der Waals surface area contributed by atoms with Gasteiger partial charge in [-0.05, 0) is 131 Å². The molecule has 0 aromatic heterocycles. The Morgan fingerprint density at radius 2 is 0.827 bits per heavy atom. The van der Waals surface area contributed by atoms with Crippen LogP contribution in [0.15, 0.2) is 51.7 Å². The van der Waals surface area contributed by atoms with E-state index in [-0.39, 0.29) is 51.7 Å². The Labute approximate surface area is 328 Å². The van der Waals surface area contributed by atoms with Crippen molar-refractivity contribution >= 4 is 21.0 Å². The first-order chi connectivity index (χ1) is 24.1. The Morgan fingerprint density at radius 3 is 1.21 bits per heavy atom. The number of rotatable bonds is 26. The summed E-state index contributed by atoms with van der Waals surface area (Å²) in [5.74, 6) is 1.76. The Balaban J connectivity index is 1.94. The van der Waals surface area contributed by atoms with Crippen LogP contribution >= 0.6 is 21.0 Å². The molecule has 0 aliphatic heterocycles. The van der Waals surface area contributed by atoms with E-state index in [1.165, 1.54) is 11.1 Å². The second-order valence-corrected chi connectivity index (χ2v) is 22.3. The third kappa shape index (κ3) is 18.2. The maximum absolute atomic E-state index is 5.89. The topological polar surface area (TPSA) is 67.7 Å². The number of alkyl halides is 1. The summed E-state index contributed by atoms with van der Waals surface area (Å²) in [6.45, 7) is 33.3. The average molecular weight is 840 g/mol. The molecule has 0 saturated carbocycles. The molecule has 2 aromatic carbocycles. The molecular formula is C44H74INO6. The Morgan fingerprint density at radius 1 is 0.462 bits per heavy atom. The van der Waals surface area contributed by atoms with Gasteiger partial charge in [0.15, 0.2) is 0 Å². The lowest BCUT2D eigenvalue weighted by atomic mass is 9.67. The zero-order valence-electron chi connectivity index (χ0n) is 35.4. The van der Waals surface area contributed by atoms with Crippen molar-refractivity contribution in [2.75, 3.05) is 67.1 Å². The fourth-order valence-electron chi connectivity index (χ4n) is 8.25. The van der Waals surface area contributed by atoms with Crippen LogP contribution < -0.4 is 9.47 Å². The standard InChI is InChI=1S/C44H74INO6/c1-39(2,31-41(5,6)35-15-19-37(20-16-35)51-29-27-49-25-23-47-13)33-43(9,10)45-46-44(11,12)34-40(3,4)32-42(7,8)36-17-21-38(22-18-36)52-30-28-50-26-24-48-14/h15-22H,23-34H2,1-14H3. The van der Waals surface area contributed by atoms with Gasteiger partial charge < -0.3 is 28.4 Å². The third-order valence-electron chi connectivity index (χ3n) is 9.28. The Bertz CT molecular complexity index is 1210. The molecule has 0 fully saturated rings. The van der Waals surface area contributed by atoms with Gasteiger partial charge in [0.1, 0.15) is 24.7 Å². The molecule has 0 aliphatic carbocycles. The molecule has 52 heavy (non-hydrogen) atoms. The lowest BCUT2D eigenvalue weighted by molar-refractivity contribution is 0.0544. The summed E-state index contributed by atoms with van der Waals surface area (Å²) in [5.41, 5.74) is 2.97. The van der Waals surface area contributed by atoms with Crippen LogP contribution in [-0.4, -0.2) is 76.0 Å². The molecule has 298 valence electrons. The van der Waals surface area contributed by atoms with Gasteiger partial charge in [0.05, 0.1) is 45.2 Å². The highest BCUT2D eigenvalue weighted by atomic mass is 127. The zero-order chi connectivity index (χ0) is 39.1. The fraction of sp³-hybridized carbons (Fsp3) is 0.727. The Kier molecular flexibility index (Phi) is 18.7. The molecular weight excluding hydrogens is 765 g/mol. The van der Waals surface area contributed by atoms with E-state index in [1.807, 2.05) is 0 Å². The van der Waals surface area contributed by atoms with Gasteiger partial charge in [-0.25, -0.2) is 0 Å². The molecule has 0 spiro atoms. The van der Waals surface area contributed by atoms with Crippen LogP contribution in [0, 0.1) is 10.8 Å². The summed E-state index contributed by atoms with van der Waals surface area (Å²) >= 11 is -0.377. The number of halogens is 1. The van der Waals surface area contributed by atoms with E-state index < -0.39 is 0 Å². The maximum Gasteiger partial charge on any atom is 0.119 e. The quantitative estimate of drug-likeness (QED) is 0.0534. The second-order valence-electron chi connectivity index (χ2n) is 18.5. The van der Waals surface area contributed by atoms with Gasteiger partial charge >= 0.3 is 0 Å². The van der Waals surface area contributed by atoms with Crippen LogP contribution in [0.1, 0.15) is 120 Å². The van der Waals surface area contributed by atoms with E-state index in [0.717, 1.165) is 37.2 Å². The lowest BCUT2D eigenvalue weighted by Crippen LogP contribution is -2.33. The molecule has 0 N–H and O–H groups in total. The highest BCUT2D eigenvalue weighted by Crippen LogP contribution is 2.47. The van der Waals surface area contributed by atoms with Crippen LogP contribution in [-0.2, 0) is 29.8 Å². The van der Waals surface area contributed by atoms with Crippen LogP contribution in [0.25, 0.3) is 0 Å². The third-order valence-corrected chi connectivity index (χ3v) is 12.5. The first-order valence-electron chi connectivity index (χ1n) is 19.1. The van der Waals surface area contributed by atoms with E-state index >= 15 is 0 Å². The van der Waals surface area contributed by atoms with Crippen molar-refractivity contribution in [3.63, 3.8) is 0 Å². The van der Waals surface area contributed by atoms with Gasteiger partial charge in [-0.15, -0.1) is 0 Å². The molecule has 0 unspecified atom stereocenters. The SMILES string of the molecule is COCCOCCOc1ccc(C(C)(C)CC(C)(C)CC(C)(C)N=IC(C)(C)CC(C)(C)CC(C)(C)c2ccc(OCCOCCOC)cc2)cc1. The van der Waals surface area contributed by atoms with E-state index in [4.69, 9.17) is 31.6 Å². The minimum absolute atomic E-state index is 0.0267. The summed E-state index contributed by atoms with van der Waals surface area (Å²) in [6, 6.07) is 17.2. The molecule has 0 atom stereocenters. The summed E-state index contributed by atoms with van der Waals surface area (Å²) in [4.78, 5) is 0. The van der Waals surface area contributed by atoms with Crippen molar-refractivity contribution < 1.29 is 28.4 Å². The molecule has 2 rings (SSSR count). The van der Waals surface area contributed by atoms with Crippen LogP contribution in [0.5, 0.6) is 11.5 Å². The number of ether oxygens (including phenoxy) is 6. The maximum atomic E-state index is 5.89. The highest BCUT2D eigenvalue weighted by molar-refractivity contribution is 14.2. The smallest absolute Gasteiger partial charge is 0.119 e. The second kappa shape index (κ2) is 20.9. The molecule has 0 saturated heterocycles. The van der Waals surface area contributed by atoms with Gasteiger partial charge in [-0.3, -0.25) is 3.15 Å². The van der Waals surface area contributed by atoms with Crippen LogP contribution in [0.3, 0.4) is 0 Å². The van der Waals surface area contributed by atoms with E-state index in [2.05, 4.69) is 132 Å². The van der Waals surface area contributed by atoms with Crippen molar-refractivity contribution in [3.8, 4) is 11.5 Å². The number of hydrogen-bond donors (Lipinski definition) is 0. The number of nitrogens with zero attached hydrogens (tertiary/aromatic N) is 1. The highest BCUT2D eigenvalue weighted by Gasteiger charge is 2.37. The van der Waals surface area contributed by atoms with Gasteiger partial charge in [-0.1, -0.05) is 79.7 Å². The van der Waals surface area contributed by atoms with Crippen LogP contribution in [0.4, 0.5) is 0 Å². The molecule has 8 heteroatoms. The number of methoxy groups -OCH3 is 2. The fourth-order valence-corrected chi connectivity index (χ4v) is 10.9. The van der Waals surface area contributed by atoms with E-state index in [1.54, 1.807) is 14.2 Å². The monoisotopic (exact) mass is 839 g/mol. The molecule has 7 nitrogen and oxygen atoms in total. The van der Waals surface area contributed by atoms with Gasteiger partial charge in [0, 0.05) is 17.6 Å². The average Bonchev–Trinajstić information content (AvgIpc) is 3.02. The van der Waals surface area contributed by atoms with Crippen molar-refractivity contribution in [1.29, 1.82) is 0 Å². The predicted molar refractivity (Wildman–Crippen MR) is 226 cm³/mol. The normalized spacial score (nSPS) is 13.7. The minimum Gasteiger partial charge on any atom is -0.491 e. The summed E-state index contributed by atoms with van der Waals surface area (Å²) < 4.78 is 38.6. The van der Waals surface area contributed by atoms with Crippen molar-refractivity contribution in [2.24, 2.45) is 14.0 Å². The van der Waals surface area contributed by atoms with Crippen molar-refractivity contribution in [2.45, 2.75) is 129 Å². The van der Waals surface area contributed by atoms with Gasteiger partial charge in [-0.2, -0.15) is 0 Å². The molecule has 0 bridgehead atoms. The van der Waals surface area contributed by atoms with E-state index in [0.29, 0.717) is 52.9 Å². The zero-order valence-corrected chi connectivity index (χ0v) is 37.5. The van der Waals surface area contributed by atoms with Crippen molar-refractivity contribution in [1.82, 2.24) is 0 Å². The van der Waals surface area contributed by atoms with Gasteiger partial charge in [0.2, 0.25) is 0 Å². The molecule has 2 aromatic rings. The summed E-state index contributed by atoms with van der Waals surface area (Å²) in [7, 11) is 3.36. The first kappa shape index (κ1) is 46.6. The number of hydrogen-bond acceptors (Lipinski definition) is 7. The molecule has 0 heterocycles. The van der Waals surface area contributed by atoms with Crippen molar-refractivity contribution in [3.05, 3.63) is 59.7 Å². The van der Waals surface area contributed by atoms with Gasteiger partial charge in [0.25, 0.3) is 0 Å². The summed E-state index contributed by atoms with van der Waals surface area (Å²) in [5, 5.41) is 0. The molecule has 0 aliphatic rings. The number of benzene rings is 2. The first-order valence-corrected chi connectivity index (χ1v) is 21.1. The summed E-state index contributed by atoms with van der Waals surface area (Å²) in [6.07, 6.45) is 4.38. The lowest BCUT2D eigenvalue weighted by Gasteiger charge is -2.40. The van der Waals surface area contributed by atoms with Crippen LogP contribution in [0.2, 0.25) is 0 Å². The van der Waals surface area contributed by atoms with E-state index in [9.17, 15) is 0 Å². The molecule has 0 amide bonds. The molecule has 0 radical (unpaired) electrons. The largest absolute Gasteiger partial charge is 0.491 e. The predicted octanol–water partition coefficient (Wildman–Crippen LogP) is 11.3. The Hall–Kier alpha value is -1.59.